The number of pyridine rings is 1. The van der Waals surface area contributed by atoms with E-state index in [1.54, 1.807) is 12.1 Å². The van der Waals surface area contributed by atoms with E-state index in [1.165, 1.54) is 6.33 Å². The molecule has 0 radical (unpaired) electrons. The van der Waals surface area contributed by atoms with Crippen molar-refractivity contribution in [3.63, 3.8) is 0 Å². The van der Waals surface area contributed by atoms with Crippen molar-refractivity contribution in [3.8, 4) is 17.1 Å². The lowest BCUT2D eigenvalue weighted by atomic mass is 10.1. The minimum absolute atomic E-state index is 0.169. The van der Waals surface area contributed by atoms with E-state index < -0.39 is 0 Å². The van der Waals surface area contributed by atoms with Gasteiger partial charge < -0.3 is 5.11 Å². The van der Waals surface area contributed by atoms with Crippen molar-refractivity contribution in [1.82, 2.24) is 20.2 Å². The van der Waals surface area contributed by atoms with Crippen LogP contribution >= 0.6 is 0 Å². The van der Waals surface area contributed by atoms with E-state index in [4.69, 9.17) is 0 Å². The number of aromatic amines is 1. The molecule has 0 bridgehead atoms. The normalized spacial score (nSPS) is 10.9. The summed E-state index contributed by atoms with van der Waals surface area (Å²) in [6.07, 6.45) is 1.53. The van der Waals surface area contributed by atoms with Crippen molar-refractivity contribution in [2.75, 3.05) is 0 Å². The Kier molecular flexibility index (Phi) is 2.04. The van der Waals surface area contributed by atoms with E-state index in [0.717, 1.165) is 16.6 Å². The molecule has 0 spiro atoms. The van der Waals surface area contributed by atoms with Crippen LogP contribution in [0, 0.1) is 6.92 Å². The van der Waals surface area contributed by atoms with Gasteiger partial charge in [-0.3, -0.25) is 5.10 Å². The predicted molar refractivity (Wildman–Crippen MR) is 63.5 cm³/mol. The van der Waals surface area contributed by atoms with Crippen molar-refractivity contribution in [1.29, 1.82) is 0 Å². The van der Waals surface area contributed by atoms with Gasteiger partial charge >= 0.3 is 0 Å². The first-order chi connectivity index (χ1) is 8.25. The second-order valence-corrected chi connectivity index (χ2v) is 3.81. The van der Waals surface area contributed by atoms with E-state index in [0.29, 0.717) is 11.3 Å². The summed E-state index contributed by atoms with van der Waals surface area (Å²) in [7, 11) is 0. The summed E-state index contributed by atoms with van der Waals surface area (Å²) in [5.74, 6) is 0.772. The Labute approximate surface area is 97.2 Å². The van der Waals surface area contributed by atoms with Crippen LogP contribution in [0.2, 0.25) is 0 Å². The average Bonchev–Trinajstić information content (AvgIpc) is 2.83. The zero-order chi connectivity index (χ0) is 11.8. The maximum Gasteiger partial charge on any atom is 0.181 e. The zero-order valence-electron chi connectivity index (χ0n) is 9.18. The lowest BCUT2D eigenvalue weighted by Gasteiger charge is -2.05. The Balaban J connectivity index is 2.42. The first-order valence-corrected chi connectivity index (χ1v) is 5.21. The summed E-state index contributed by atoms with van der Waals surface area (Å²) in [6.45, 7) is 1.88. The molecule has 1 aromatic carbocycles. The fourth-order valence-electron chi connectivity index (χ4n) is 1.89. The highest BCUT2D eigenvalue weighted by Gasteiger charge is 2.11. The molecule has 84 valence electrons. The van der Waals surface area contributed by atoms with Gasteiger partial charge in [-0.2, -0.15) is 5.10 Å². The summed E-state index contributed by atoms with van der Waals surface area (Å²) >= 11 is 0. The molecule has 0 saturated carbocycles. The third-order valence-corrected chi connectivity index (χ3v) is 2.60. The zero-order valence-corrected chi connectivity index (χ0v) is 9.18. The number of H-pyrrole nitrogens is 1. The number of rotatable bonds is 1. The number of benzene rings is 1. The quantitative estimate of drug-likeness (QED) is 0.665. The first kappa shape index (κ1) is 9.77. The van der Waals surface area contributed by atoms with Crippen LogP contribution in [-0.4, -0.2) is 25.3 Å². The second-order valence-electron chi connectivity index (χ2n) is 3.81. The highest BCUT2D eigenvalue weighted by atomic mass is 16.3. The highest BCUT2D eigenvalue weighted by Crippen LogP contribution is 2.30. The third kappa shape index (κ3) is 1.52. The van der Waals surface area contributed by atoms with E-state index >= 15 is 0 Å². The van der Waals surface area contributed by atoms with Gasteiger partial charge in [-0.25, -0.2) is 9.97 Å². The molecule has 0 amide bonds. The molecule has 17 heavy (non-hydrogen) atoms. The number of aromatic hydroxyl groups is 1. The highest BCUT2D eigenvalue weighted by molar-refractivity contribution is 5.95. The van der Waals surface area contributed by atoms with Crippen molar-refractivity contribution in [2.24, 2.45) is 0 Å². The molecular formula is C12H10N4O. The number of hydrogen-bond acceptors (Lipinski definition) is 4. The van der Waals surface area contributed by atoms with Gasteiger partial charge in [0.25, 0.3) is 0 Å². The molecule has 3 rings (SSSR count). The van der Waals surface area contributed by atoms with Crippen molar-refractivity contribution in [3.05, 3.63) is 36.3 Å². The third-order valence-electron chi connectivity index (χ3n) is 2.60. The Morgan fingerprint density at radius 3 is 2.94 bits per heavy atom. The summed E-state index contributed by atoms with van der Waals surface area (Å²) in [4.78, 5) is 8.46. The smallest absolute Gasteiger partial charge is 0.181 e. The van der Waals surface area contributed by atoms with E-state index in [2.05, 4.69) is 20.2 Å². The van der Waals surface area contributed by atoms with Crippen LogP contribution in [0.5, 0.6) is 5.75 Å². The standard InChI is InChI=1S/C12H10N4O/c1-7-5-9(12-13-6-14-16-12)8-3-2-4-10(17)11(8)15-7/h2-6,17H,1H3,(H,13,14,16). The van der Waals surface area contributed by atoms with Crippen LogP contribution < -0.4 is 0 Å². The van der Waals surface area contributed by atoms with Gasteiger partial charge in [0.2, 0.25) is 0 Å². The van der Waals surface area contributed by atoms with Crippen molar-refractivity contribution >= 4 is 10.9 Å². The number of fused-ring (bicyclic) bond motifs is 1. The fourth-order valence-corrected chi connectivity index (χ4v) is 1.89. The molecular weight excluding hydrogens is 216 g/mol. The number of para-hydroxylation sites is 1. The number of nitrogens with zero attached hydrogens (tertiary/aromatic N) is 3. The van der Waals surface area contributed by atoms with Gasteiger partial charge in [0.05, 0.1) is 0 Å². The van der Waals surface area contributed by atoms with Crippen LogP contribution in [-0.2, 0) is 0 Å². The van der Waals surface area contributed by atoms with Crippen LogP contribution in [0.15, 0.2) is 30.6 Å². The monoisotopic (exact) mass is 226 g/mol. The Bertz CT molecular complexity index is 676. The minimum Gasteiger partial charge on any atom is -0.506 e. The van der Waals surface area contributed by atoms with Crippen LogP contribution in [0.1, 0.15) is 5.69 Å². The van der Waals surface area contributed by atoms with E-state index in [9.17, 15) is 5.11 Å². The Hall–Kier alpha value is -2.43. The molecule has 2 aromatic heterocycles. The molecule has 2 heterocycles. The molecule has 2 N–H and O–H groups in total. The molecule has 0 atom stereocenters. The number of hydrogen-bond donors (Lipinski definition) is 2. The summed E-state index contributed by atoms with van der Waals surface area (Å²) in [6, 6.07) is 7.21. The van der Waals surface area contributed by atoms with E-state index in [1.807, 2.05) is 19.1 Å². The summed E-state index contributed by atoms with van der Waals surface area (Å²) < 4.78 is 0. The largest absolute Gasteiger partial charge is 0.506 e. The molecule has 5 heteroatoms. The van der Waals surface area contributed by atoms with Gasteiger partial charge in [-0.1, -0.05) is 12.1 Å². The van der Waals surface area contributed by atoms with Gasteiger partial charge in [0.15, 0.2) is 5.82 Å². The number of phenolic OH excluding ortho intramolecular Hbond substituents is 1. The number of aromatic nitrogens is 4. The molecule has 0 aliphatic carbocycles. The molecule has 0 fully saturated rings. The van der Waals surface area contributed by atoms with Crippen LogP contribution in [0.25, 0.3) is 22.3 Å². The molecule has 3 aromatic rings. The predicted octanol–water partition coefficient (Wildman–Crippen LogP) is 2.03. The summed E-state index contributed by atoms with van der Waals surface area (Å²) in [5, 5.41) is 17.4. The van der Waals surface area contributed by atoms with Crippen molar-refractivity contribution < 1.29 is 5.11 Å². The minimum atomic E-state index is 0.169. The van der Waals surface area contributed by atoms with Gasteiger partial charge in [0, 0.05) is 16.6 Å². The fraction of sp³-hybridized carbons (Fsp3) is 0.0833. The van der Waals surface area contributed by atoms with Gasteiger partial charge in [-0.15, -0.1) is 0 Å². The maximum absolute atomic E-state index is 9.81. The topological polar surface area (TPSA) is 74.7 Å². The second kappa shape index (κ2) is 3.55. The molecule has 0 saturated heterocycles. The summed E-state index contributed by atoms with van der Waals surface area (Å²) in [5.41, 5.74) is 2.26. The molecule has 0 unspecified atom stereocenters. The van der Waals surface area contributed by atoms with Gasteiger partial charge in [-0.05, 0) is 19.1 Å². The lowest BCUT2D eigenvalue weighted by molar-refractivity contribution is 0.480. The maximum atomic E-state index is 9.81. The van der Waals surface area contributed by atoms with E-state index in [-0.39, 0.29) is 5.75 Å². The van der Waals surface area contributed by atoms with Crippen LogP contribution in [0.4, 0.5) is 0 Å². The SMILES string of the molecule is Cc1cc(-c2nc[nH]n2)c2cccc(O)c2n1. The van der Waals surface area contributed by atoms with Crippen molar-refractivity contribution in [2.45, 2.75) is 6.92 Å². The average molecular weight is 226 g/mol. The lowest BCUT2D eigenvalue weighted by Crippen LogP contribution is -1.90. The van der Waals surface area contributed by atoms with Crippen LogP contribution in [0.3, 0.4) is 0 Å². The van der Waals surface area contributed by atoms with Gasteiger partial charge in [0.1, 0.15) is 17.6 Å². The molecule has 5 nitrogen and oxygen atoms in total. The number of phenols is 1. The first-order valence-electron chi connectivity index (χ1n) is 5.21. The molecule has 0 aliphatic heterocycles. The number of nitrogens with one attached hydrogen (secondary N) is 1. The Morgan fingerprint density at radius 2 is 2.18 bits per heavy atom. The number of aryl methyl sites for hydroxylation is 1. The molecule has 0 aliphatic rings. The Morgan fingerprint density at radius 1 is 1.29 bits per heavy atom.